The summed E-state index contributed by atoms with van der Waals surface area (Å²) in [5.41, 5.74) is 4.00. The molecule has 0 aromatic heterocycles. The Morgan fingerprint density at radius 2 is 1.85 bits per heavy atom. The van der Waals surface area contributed by atoms with Crippen molar-refractivity contribution in [2.75, 3.05) is 26.2 Å². The summed E-state index contributed by atoms with van der Waals surface area (Å²) in [6, 6.07) is 4.49. The Morgan fingerprint density at radius 1 is 1.12 bits per heavy atom. The van der Waals surface area contributed by atoms with E-state index < -0.39 is 0 Å². The van der Waals surface area contributed by atoms with Crippen LogP contribution in [0.5, 0.6) is 5.75 Å². The summed E-state index contributed by atoms with van der Waals surface area (Å²) in [6.07, 6.45) is 6.26. The zero-order chi connectivity index (χ0) is 18.7. The molecule has 1 aliphatic carbocycles. The van der Waals surface area contributed by atoms with Crippen LogP contribution in [0.3, 0.4) is 0 Å². The molecule has 0 saturated carbocycles. The molecule has 1 aromatic rings. The molecule has 0 radical (unpaired) electrons. The lowest BCUT2D eigenvalue weighted by Gasteiger charge is -2.41. The lowest BCUT2D eigenvalue weighted by Crippen LogP contribution is -2.51. The van der Waals surface area contributed by atoms with Gasteiger partial charge in [0.25, 0.3) is 0 Å². The first kappa shape index (κ1) is 19.9. The second kappa shape index (κ2) is 8.91. The van der Waals surface area contributed by atoms with Crippen LogP contribution in [0.25, 0.3) is 0 Å². The van der Waals surface area contributed by atoms with Gasteiger partial charge in [-0.05, 0) is 73.5 Å². The van der Waals surface area contributed by atoms with Gasteiger partial charge in [-0.3, -0.25) is 4.90 Å². The molecular weight excluding hydrogens is 458 g/mol. The third-order valence-corrected chi connectivity index (χ3v) is 6.57. The fraction of sp³-hybridized carbons (Fsp3) is 0.500. The van der Waals surface area contributed by atoms with E-state index in [1.165, 1.54) is 16.7 Å². The quantitative estimate of drug-likeness (QED) is 0.558. The van der Waals surface area contributed by atoms with Crippen LogP contribution < -0.4 is 10.6 Å². The molecule has 2 heterocycles. The zero-order valence-electron chi connectivity index (χ0n) is 15.4. The molecule has 4 nitrogen and oxygen atoms in total. The van der Waals surface area contributed by atoms with Gasteiger partial charge in [-0.15, -0.1) is 0 Å². The monoisotopic (exact) mass is 483 g/mol. The molecule has 4 rings (SSSR count). The number of phenolic OH excluding ortho intramolecular Hbond substituents is 1. The van der Waals surface area contributed by atoms with Crippen molar-refractivity contribution in [2.24, 2.45) is 0 Å². The number of hydrogen-bond donors (Lipinski definition) is 3. The van der Waals surface area contributed by atoms with Gasteiger partial charge in [0.15, 0.2) is 0 Å². The van der Waals surface area contributed by atoms with Crippen LogP contribution in [-0.4, -0.2) is 42.2 Å². The number of benzene rings is 1. The summed E-state index contributed by atoms with van der Waals surface area (Å²) in [4.78, 5) is 2.57. The van der Waals surface area contributed by atoms with Gasteiger partial charge in [0.2, 0.25) is 0 Å². The van der Waals surface area contributed by atoms with Crippen molar-refractivity contribution in [2.45, 2.75) is 38.8 Å². The second-order valence-corrected chi connectivity index (χ2v) is 8.30. The first-order valence-electron chi connectivity index (χ1n) is 9.42. The zero-order valence-corrected chi connectivity index (χ0v) is 18.5. The number of halogens is 2. The third-order valence-electron chi connectivity index (χ3n) is 5.23. The van der Waals surface area contributed by atoms with Crippen LogP contribution in [0.15, 0.2) is 38.9 Å². The number of hydrogen-bond acceptors (Lipinski definition) is 4. The lowest BCUT2D eigenvalue weighted by molar-refractivity contribution is 0.152. The summed E-state index contributed by atoms with van der Waals surface area (Å²) in [7, 11) is 0. The molecule has 0 amide bonds. The topological polar surface area (TPSA) is 47.5 Å². The van der Waals surface area contributed by atoms with Gasteiger partial charge in [-0.2, -0.15) is 0 Å². The molecule has 142 valence electrons. The van der Waals surface area contributed by atoms with Gasteiger partial charge >= 0.3 is 0 Å². The van der Waals surface area contributed by atoms with E-state index in [1.54, 1.807) is 0 Å². The molecule has 26 heavy (non-hydrogen) atoms. The summed E-state index contributed by atoms with van der Waals surface area (Å²) in [5, 5.41) is 17.2. The van der Waals surface area contributed by atoms with Gasteiger partial charge in [0.1, 0.15) is 5.75 Å². The molecule has 1 saturated heterocycles. The third kappa shape index (κ3) is 3.88. The summed E-state index contributed by atoms with van der Waals surface area (Å²) in [6.45, 7) is 8.13. The van der Waals surface area contributed by atoms with E-state index in [2.05, 4.69) is 65.7 Å². The maximum atomic E-state index is 10.1. The predicted molar refractivity (Wildman–Crippen MR) is 115 cm³/mol. The van der Waals surface area contributed by atoms with E-state index in [0.29, 0.717) is 5.75 Å². The van der Waals surface area contributed by atoms with E-state index in [9.17, 15) is 5.11 Å². The number of dihydropyridines is 1. The summed E-state index contributed by atoms with van der Waals surface area (Å²) >= 11 is 7.22. The number of allylic oxidation sites excluding steroid dienone is 2. The molecule has 3 aliphatic rings. The van der Waals surface area contributed by atoms with E-state index in [0.717, 1.165) is 48.0 Å². The fourth-order valence-electron chi connectivity index (χ4n) is 4.08. The first-order valence-corrected chi connectivity index (χ1v) is 11.0. The van der Waals surface area contributed by atoms with Crippen LogP contribution in [0.2, 0.25) is 0 Å². The fourth-order valence-corrected chi connectivity index (χ4v) is 5.06. The van der Waals surface area contributed by atoms with Crippen LogP contribution in [0.1, 0.15) is 37.4 Å². The van der Waals surface area contributed by atoms with Gasteiger partial charge < -0.3 is 15.7 Å². The number of rotatable bonds is 1. The van der Waals surface area contributed by atoms with Gasteiger partial charge in [0.05, 0.1) is 16.6 Å². The largest absolute Gasteiger partial charge is 0.507 e. The van der Waals surface area contributed by atoms with E-state index in [-0.39, 0.29) is 12.1 Å². The van der Waals surface area contributed by atoms with Crippen molar-refractivity contribution in [3.63, 3.8) is 0 Å². The molecular formula is C20H27Br2N3O. The van der Waals surface area contributed by atoms with Crippen molar-refractivity contribution in [3.05, 3.63) is 50.1 Å². The molecule has 3 N–H and O–H groups in total. The number of phenols is 1. The van der Waals surface area contributed by atoms with Crippen molar-refractivity contribution in [1.29, 1.82) is 0 Å². The van der Waals surface area contributed by atoms with Crippen molar-refractivity contribution >= 4 is 31.9 Å². The average Bonchev–Trinajstić information content (AvgIpc) is 2.84. The van der Waals surface area contributed by atoms with E-state index >= 15 is 0 Å². The number of aromatic hydroxyl groups is 1. The molecule has 6 heteroatoms. The normalized spacial score (nSPS) is 25.4. The highest BCUT2D eigenvalue weighted by molar-refractivity contribution is 9.12. The first-order chi connectivity index (χ1) is 12.6. The maximum Gasteiger partial charge on any atom is 0.130 e. The number of nitrogens with one attached hydrogen (secondary N) is 2. The molecule has 2 unspecified atom stereocenters. The van der Waals surface area contributed by atoms with Crippen LogP contribution in [-0.2, 0) is 6.42 Å². The Morgan fingerprint density at radius 3 is 2.58 bits per heavy atom. The van der Waals surface area contributed by atoms with E-state index in [4.69, 9.17) is 0 Å². The molecule has 2 aliphatic heterocycles. The van der Waals surface area contributed by atoms with Crippen molar-refractivity contribution < 1.29 is 5.11 Å². The Bertz CT molecular complexity index is 711. The minimum Gasteiger partial charge on any atom is -0.507 e. The van der Waals surface area contributed by atoms with E-state index in [1.807, 2.05) is 19.9 Å². The maximum absolute atomic E-state index is 10.1. The molecule has 2 atom stereocenters. The highest BCUT2D eigenvalue weighted by Crippen LogP contribution is 2.43. The van der Waals surface area contributed by atoms with Crippen LogP contribution in [0.4, 0.5) is 0 Å². The Balaban J connectivity index is 0.000000948. The number of piperazine rings is 1. The van der Waals surface area contributed by atoms with Crippen LogP contribution >= 0.6 is 31.9 Å². The molecule has 1 aromatic carbocycles. The molecule has 1 fully saturated rings. The summed E-state index contributed by atoms with van der Waals surface area (Å²) < 4.78 is 1.95. The highest BCUT2D eigenvalue weighted by atomic mass is 79.9. The van der Waals surface area contributed by atoms with Crippen LogP contribution in [0, 0.1) is 0 Å². The number of nitrogens with zero attached hydrogens (tertiary/aromatic N) is 1. The van der Waals surface area contributed by atoms with Crippen molar-refractivity contribution in [1.82, 2.24) is 15.5 Å². The second-order valence-electron chi connectivity index (χ2n) is 6.59. The lowest BCUT2D eigenvalue weighted by atomic mass is 9.90. The Hall–Kier alpha value is -0.820. The minimum atomic E-state index is 0.280. The summed E-state index contributed by atoms with van der Waals surface area (Å²) in [5.74, 6) is 0.332. The number of fused-ring (bicyclic) bond motifs is 2. The standard InChI is InChI=1S/C18H21Br2N3O.C2H6/c19-12-9-11-1-2-13-14(3-4-15(24)16(13)20)18(17(11)22-10-12)23-7-5-21-6-8-23;1-2/h3-4,9-10,17-18,21-22,24H,1-2,5-8H2;1-2H3. The van der Waals surface area contributed by atoms with Crippen molar-refractivity contribution in [3.8, 4) is 5.75 Å². The Kier molecular flexibility index (Phi) is 6.83. The SMILES string of the molecule is CC.Oc1ccc2c(c1Br)CCC1=CC(Br)=CNC1C2N1CCNCC1. The smallest absolute Gasteiger partial charge is 0.130 e. The highest BCUT2D eigenvalue weighted by Gasteiger charge is 2.37. The molecule has 0 spiro atoms. The Labute approximate surface area is 173 Å². The average molecular weight is 485 g/mol. The molecule has 0 bridgehead atoms. The minimum absolute atomic E-state index is 0.280. The van der Waals surface area contributed by atoms with Gasteiger partial charge in [0, 0.05) is 36.9 Å². The predicted octanol–water partition coefficient (Wildman–Crippen LogP) is 4.21. The van der Waals surface area contributed by atoms with Gasteiger partial charge in [-0.25, -0.2) is 0 Å². The van der Waals surface area contributed by atoms with Gasteiger partial charge in [-0.1, -0.05) is 19.9 Å².